The van der Waals surface area contributed by atoms with Crippen molar-refractivity contribution in [1.29, 1.82) is 0 Å². The Morgan fingerprint density at radius 3 is 2.56 bits per heavy atom. The van der Waals surface area contributed by atoms with Crippen LogP contribution in [0.25, 0.3) is 0 Å². The summed E-state index contributed by atoms with van der Waals surface area (Å²) in [4.78, 5) is 11.0. The number of carbonyl (C=O) groups excluding carboxylic acids is 1. The van der Waals surface area contributed by atoms with Gasteiger partial charge in [-0.15, -0.1) is 0 Å². The summed E-state index contributed by atoms with van der Waals surface area (Å²) in [5, 5.41) is 2.82. The Morgan fingerprint density at radius 2 is 1.83 bits per heavy atom. The van der Waals surface area contributed by atoms with E-state index < -0.39 is 0 Å². The van der Waals surface area contributed by atoms with Crippen LogP contribution in [0.5, 0.6) is 0 Å². The first kappa shape index (κ1) is 14.7. The second-order valence-electron chi connectivity index (χ2n) is 4.90. The molecule has 0 bridgehead atoms. The minimum Gasteiger partial charge on any atom is -0.326 e. The number of rotatable bonds is 8. The summed E-state index contributed by atoms with van der Waals surface area (Å²) >= 11 is 0. The van der Waals surface area contributed by atoms with Gasteiger partial charge in [-0.05, 0) is 30.5 Å². The van der Waals surface area contributed by atoms with E-state index in [4.69, 9.17) is 0 Å². The molecule has 1 amide bonds. The zero-order chi connectivity index (χ0) is 13.2. The molecular weight excluding hydrogens is 222 g/mol. The van der Waals surface area contributed by atoms with Crippen molar-refractivity contribution in [2.45, 2.75) is 58.8 Å². The van der Waals surface area contributed by atoms with Crippen LogP contribution in [-0.2, 0) is 11.2 Å². The first-order chi connectivity index (χ1) is 8.72. The highest BCUT2D eigenvalue weighted by Crippen LogP contribution is 2.14. The number of anilines is 1. The molecule has 2 nitrogen and oxygen atoms in total. The molecular formula is C16H25NO. The third-order valence-corrected chi connectivity index (χ3v) is 3.07. The topological polar surface area (TPSA) is 29.1 Å². The lowest BCUT2D eigenvalue weighted by Gasteiger charge is -2.06. The fourth-order valence-electron chi connectivity index (χ4n) is 2.12. The molecule has 0 fully saturated rings. The fourth-order valence-corrected chi connectivity index (χ4v) is 2.12. The maximum Gasteiger partial charge on any atom is 0.221 e. The molecule has 1 rings (SSSR count). The molecule has 0 unspecified atom stereocenters. The predicted octanol–water partition coefficient (Wildman–Crippen LogP) is 4.55. The maximum absolute atomic E-state index is 11.0. The van der Waals surface area contributed by atoms with Gasteiger partial charge in [-0.2, -0.15) is 0 Å². The van der Waals surface area contributed by atoms with Gasteiger partial charge >= 0.3 is 0 Å². The minimum absolute atomic E-state index is 0.00767. The zero-order valence-electron chi connectivity index (χ0n) is 11.7. The highest BCUT2D eigenvalue weighted by Gasteiger charge is 1.98. The molecule has 1 aromatic carbocycles. The number of carbonyl (C=O) groups is 1. The van der Waals surface area contributed by atoms with Crippen LogP contribution in [0, 0.1) is 0 Å². The molecule has 0 saturated carbocycles. The lowest BCUT2D eigenvalue weighted by atomic mass is 10.0. The Labute approximate surface area is 111 Å². The maximum atomic E-state index is 11.0. The van der Waals surface area contributed by atoms with Crippen LogP contribution < -0.4 is 5.32 Å². The van der Waals surface area contributed by atoms with Gasteiger partial charge in [0.2, 0.25) is 5.91 Å². The molecule has 0 spiro atoms. The third-order valence-electron chi connectivity index (χ3n) is 3.07. The predicted molar refractivity (Wildman–Crippen MR) is 77.8 cm³/mol. The summed E-state index contributed by atoms with van der Waals surface area (Å²) in [6, 6.07) is 8.16. The number of hydrogen-bond donors (Lipinski definition) is 1. The fraction of sp³-hybridized carbons (Fsp3) is 0.562. The average molecular weight is 247 g/mol. The van der Waals surface area contributed by atoms with E-state index in [0.717, 1.165) is 12.1 Å². The molecule has 0 atom stereocenters. The summed E-state index contributed by atoms with van der Waals surface area (Å²) in [5.41, 5.74) is 2.22. The largest absolute Gasteiger partial charge is 0.326 e. The van der Waals surface area contributed by atoms with Gasteiger partial charge in [-0.3, -0.25) is 4.79 Å². The van der Waals surface area contributed by atoms with Gasteiger partial charge in [-0.25, -0.2) is 0 Å². The lowest BCUT2D eigenvalue weighted by molar-refractivity contribution is -0.114. The summed E-state index contributed by atoms with van der Waals surface area (Å²) in [6.45, 7) is 3.79. The van der Waals surface area contributed by atoms with Gasteiger partial charge in [0, 0.05) is 12.6 Å². The Balaban J connectivity index is 2.27. The van der Waals surface area contributed by atoms with E-state index in [1.54, 1.807) is 6.92 Å². The van der Waals surface area contributed by atoms with Crippen LogP contribution in [0.2, 0.25) is 0 Å². The minimum atomic E-state index is -0.00767. The Hall–Kier alpha value is -1.31. The van der Waals surface area contributed by atoms with Crippen LogP contribution >= 0.6 is 0 Å². The molecule has 0 aromatic heterocycles. The van der Waals surface area contributed by atoms with Crippen LogP contribution in [-0.4, -0.2) is 5.91 Å². The number of amides is 1. The SMILES string of the molecule is CCCCCCCCc1cccc(NC(C)=O)c1. The van der Waals surface area contributed by atoms with Crippen molar-refractivity contribution in [2.24, 2.45) is 0 Å². The van der Waals surface area contributed by atoms with Crippen LogP contribution in [0.3, 0.4) is 0 Å². The van der Waals surface area contributed by atoms with Gasteiger partial charge in [0.05, 0.1) is 0 Å². The number of benzene rings is 1. The molecule has 1 aromatic rings. The molecule has 0 heterocycles. The van der Waals surface area contributed by atoms with Crippen molar-refractivity contribution >= 4 is 11.6 Å². The normalized spacial score (nSPS) is 10.3. The molecule has 100 valence electrons. The van der Waals surface area contributed by atoms with E-state index in [2.05, 4.69) is 24.4 Å². The highest BCUT2D eigenvalue weighted by atomic mass is 16.1. The number of aryl methyl sites for hydroxylation is 1. The van der Waals surface area contributed by atoms with E-state index in [1.165, 1.54) is 44.1 Å². The molecule has 2 heteroatoms. The molecule has 0 aliphatic heterocycles. The number of hydrogen-bond acceptors (Lipinski definition) is 1. The summed E-state index contributed by atoms with van der Waals surface area (Å²) in [5.74, 6) is -0.00767. The first-order valence-corrected chi connectivity index (χ1v) is 7.09. The summed E-state index contributed by atoms with van der Waals surface area (Å²) in [7, 11) is 0. The van der Waals surface area contributed by atoms with E-state index in [9.17, 15) is 4.79 Å². The van der Waals surface area contributed by atoms with E-state index >= 15 is 0 Å². The van der Waals surface area contributed by atoms with E-state index in [-0.39, 0.29) is 5.91 Å². The Morgan fingerprint density at radius 1 is 1.11 bits per heavy atom. The molecule has 18 heavy (non-hydrogen) atoms. The molecule has 0 radical (unpaired) electrons. The van der Waals surface area contributed by atoms with Crippen molar-refractivity contribution in [3.8, 4) is 0 Å². The quantitative estimate of drug-likeness (QED) is 0.671. The Kier molecular flexibility index (Phi) is 7.16. The standard InChI is InChI=1S/C16H25NO/c1-3-4-5-6-7-8-10-15-11-9-12-16(13-15)17-14(2)18/h9,11-13H,3-8,10H2,1-2H3,(H,17,18). The summed E-state index contributed by atoms with van der Waals surface area (Å²) < 4.78 is 0. The highest BCUT2D eigenvalue weighted by molar-refractivity contribution is 5.88. The van der Waals surface area contributed by atoms with Gasteiger partial charge in [-0.1, -0.05) is 51.2 Å². The Bertz CT molecular complexity index is 360. The van der Waals surface area contributed by atoms with E-state index in [1.807, 2.05) is 12.1 Å². The number of unbranched alkanes of at least 4 members (excludes halogenated alkanes) is 5. The van der Waals surface area contributed by atoms with Crippen molar-refractivity contribution in [3.63, 3.8) is 0 Å². The second kappa shape index (κ2) is 8.73. The van der Waals surface area contributed by atoms with Crippen LogP contribution in [0.1, 0.15) is 57.9 Å². The second-order valence-corrected chi connectivity index (χ2v) is 4.90. The third kappa shape index (κ3) is 6.43. The van der Waals surface area contributed by atoms with Gasteiger partial charge < -0.3 is 5.32 Å². The monoisotopic (exact) mass is 247 g/mol. The lowest BCUT2D eigenvalue weighted by Crippen LogP contribution is -2.05. The van der Waals surface area contributed by atoms with Crippen LogP contribution in [0.4, 0.5) is 5.69 Å². The number of nitrogens with one attached hydrogen (secondary N) is 1. The van der Waals surface area contributed by atoms with Crippen molar-refractivity contribution in [3.05, 3.63) is 29.8 Å². The average Bonchev–Trinajstić information content (AvgIpc) is 2.33. The zero-order valence-corrected chi connectivity index (χ0v) is 11.7. The summed E-state index contributed by atoms with van der Waals surface area (Å²) in [6.07, 6.45) is 9.04. The van der Waals surface area contributed by atoms with Crippen molar-refractivity contribution in [1.82, 2.24) is 0 Å². The molecule has 0 aliphatic carbocycles. The van der Waals surface area contributed by atoms with E-state index in [0.29, 0.717) is 0 Å². The van der Waals surface area contributed by atoms with Crippen LogP contribution in [0.15, 0.2) is 24.3 Å². The smallest absolute Gasteiger partial charge is 0.221 e. The van der Waals surface area contributed by atoms with Crippen molar-refractivity contribution in [2.75, 3.05) is 5.32 Å². The van der Waals surface area contributed by atoms with Gasteiger partial charge in [0.1, 0.15) is 0 Å². The first-order valence-electron chi connectivity index (χ1n) is 7.09. The van der Waals surface area contributed by atoms with Gasteiger partial charge in [0.15, 0.2) is 0 Å². The van der Waals surface area contributed by atoms with Crippen molar-refractivity contribution < 1.29 is 4.79 Å². The molecule has 0 saturated heterocycles. The molecule has 1 N–H and O–H groups in total. The van der Waals surface area contributed by atoms with Gasteiger partial charge in [0.25, 0.3) is 0 Å². The molecule has 0 aliphatic rings.